The normalized spacial score (nSPS) is 19.0. The molecule has 112 valence electrons. The summed E-state index contributed by atoms with van der Waals surface area (Å²) in [5.41, 5.74) is 2.33. The Kier molecular flexibility index (Phi) is 3.06. The molecule has 6 heteroatoms. The van der Waals surface area contributed by atoms with E-state index in [4.69, 9.17) is 0 Å². The number of rotatable bonds is 4. The predicted molar refractivity (Wildman–Crippen MR) is 78.6 cm³/mol. The van der Waals surface area contributed by atoms with E-state index in [1.165, 1.54) is 24.4 Å². The van der Waals surface area contributed by atoms with Gasteiger partial charge in [0.15, 0.2) is 0 Å². The largest absolute Gasteiger partial charge is 0.346 e. The molecule has 2 aromatic rings. The second-order valence-corrected chi connectivity index (χ2v) is 6.44. The summed E-state index contributed by atoms with van der Waals surface area (Å²) in [6, 6.07) is 0. The SMILES string of the molecule is Cc1nc(CN2CCn3c(CC4CC4)nnc3C2)c(C)[nH]1. The van der Waals surface area contributed by atoms with Crippen LogP contribution < -0.4 is 0 Å². The summed E-state index contributed by atoms with van der Waals surface area (Å²) in [5, 5.41) is 8.81. The standard InChI is InChI=1S/C15H22N6/c1-10-13(17-11(2)16-10)8-20-5-6-21-14(7-12-3-4-12)18-19-15(21)9-20/h12H,3-9H2,1-2H3,(H,16,17). The van der Waals surface area contributed by atoms with Crippen molar-refractivity contribution in [3.63, 3.8) is 0 Å². The van der Waals surface area contributed by atoms with Gasteiger partial charge in [-0.2, -0.15) is 0 Å². The molecular formula is C15H22N6. The molecule has 0 bridgehead atoms. The first-order valence-electron chi connectivity index (χ1n) is 7.84. The quantitative estimate of drug-likeness (QED) is 0.927. The van der Waals surface area contributed by atoms with Crippen LogP contribution in [0.3, 0.4) is 0 Å². The summed E-state index contributed by atoms with van der Waals surface area (Å²) in [4.78, 5) is 10.3. The van der Waals surface area contributed by atoms with Gasteiger partial charge in [0.1, 0.15) is 17.5 Å². The molecule has 1 fully saturated rings. The molecule has 1 aliphatic carbocycles. The van der Waals surface area contributed by atoms with Gasteiger partial charge in [-0.25, -0.2) is 4.98 Å². The van der Waals surface area contributed by atoms with E-state index >= 15 is 0 Å². The van der Waals surface area contributed by atoms with Gasteiger partial charge in [-0.05, 0) is 32.6 Å². The minimum absolute atomic E-state index is 0.867. The Balaban J connectivity index is 1.46. The maximum Gasteiger partial charge on any atom is 0.147 e. The molecular weight excluding hydrogens is 264 g/mol. The zero-order valence-electron chi connectivity index (χ0n) is 12.8. The highest BCUT2D eigenvalue weighted by molar-refractivity contribution is 5.13. The smallest absolute Gasteiger partial charge is 0.147 e. The Morgan fingerprint density at radius 2 is 2.05 bits per heavy atom. The van der Waals surface area contributed by atoms with Crippen molar-refractivity contribution in [3.05, 3.63) is 28.9 Å². The molecule has 6 nitrogen and oxygen atoms in total. The Labute approximate surface area is 124 Å². The number of fused-ring (bicyclic) bond motifs is 1. The van der Waals surface area contributed by atoms with Gasteiger partial charge in [0.2, 0.25) is 0 Å². The third kappa shape index (κ3) is 2.60. The van der Waals surface area contributed by atoms with Crippen molar-refractivity contribution < 1.29 is 0 Å². The Morgan fingerprint density at radius 3 is 2.76 bits per heavy atom. The number of aryl methyl sites for hydroxylation is 2. The van der Waals surface area contributed by atoms with Crippen molar-refractivity contribution >= 4 is 0 Å². The summed E-state index contributed by atoms with van der Waals surface area (Å²) in [5.74, 6) is 4.17. The fourth-order valence-electron chi connectivity index (χ4n) is 3.16. The van der Waals surface area contributed by atoms with E-state index in [0.717, 1.165) is 55.9 Å². The van der Waals surface area contributed by atoms with Crippen LogP contribution in [0.25, 0.3) is 0 Å². The summed E-state index contributed by atoms with van der Waals surface area (Å²) in [6.45, 7) is 7.92. The molecule has 1 aliphatic heterocycles. The average Bonchev–Trinajstić information content (AvgIpc) is 3.10. The lowest BCUT2D eigenvalue weighted by Crippen LogP contribution is -2.34. The number of nitrogens with one attached hydrogen (secondary N) is 1. The molecule has 21 heavy (non-hydrogen) atoms. The zero-order chi connectivity index (χ0) is 14.4. The molecule has 2 aliphatic rings. The summed E-state index contributed by atoms with van der Waals surface area (Å²) < 4.78 is 2.33. The van der Waals surface area contributed by atoms with E-state index in [0.29, 0.717) is 0 Å². The highest BCUT2D eigenvalue weighted by atomic mass is 15.3. The molecule has 1 N–H and O–H groups in total. The third-order valence-electron chi connectivity index (χ3n) is 4.55. The minimum Gasteiger partial charge on any atom is -0.346 e. The molecule has 0 amide bonds. The first-order valence-corrected chi connectivity index (χ1v) is 7.84. The number of hydrogen-bond acceptors (Lipinski definition) is 4. The highest BCUT2D eigenvalue weighted by Crippen LogP contribution is 2.32. The maximum atomic E-state index is 4.57. The number of hydrogen-bond donors (Lipinski definition) is 1. The van der Waals surface area contributed by atoms with Gasteiger partial charge >= 0.3 is 0 Å². The van der Waals surface area contributed by atoms with Crippen LogP contribution in [0.2, 0.25) is 0 Å². The van der Waals surface area contributed by atoms with Gasteiger partial charge < -0.3 is 9.55 Å². The van der Waals surface area contributed by atoms with E-state index < -0.39 is 0 Å². The van der Waals surface area contributed by atoms with Crippen LogP contribution in [0.5, 0.6) is 0 Å². The fourth-order valence-corrected chi connectivity index (χ4v) is 3.16. The molecule has 2 aromatic heterocycles. The number of imidazole rings is 1. The number of aromatic amines is 1. The van der Waals surface area contributed by atoms with Crippen molar-refractivity contribution in [1.82, 2.24) is 29.6 Å². The fraction of sp³-hybridized carbons (Fsp3) is 0.667. The topological polar surface area (TPSA) is 62.6 Å². The first-order chi connectivity index (χ1) is 10.2. The molecule has 0 saturated heterocycles. The maximum absolute atomic E-state index is 4.57. The number of nitrogens with zero attached hydrogens (tertiary/aromatic N) is 5. The van der Waals surface area contributed by atoms with E-state index in [-0.39, 0.29) is 0 Å². The lowest BCUT2D eigenvalue weighted by molar-refractivity contribution is 0.204. The van der Waals surface area contributed by atoms with Crippen LogP contribution >= 0.6 is 0 Å². The monoisotopic (exact) mass is 286 g/mol. The summed E-state index contributed by atoms with van der Waals surface area (Å²) in [6.07, 6.45) is 3.85. The second-order valence-electron chi connectivity index (χ2n) is 6.44. The average molecular weight is 286 g/mol. The van der Waals surface area contributed by atoms with Crippen LogP contribution in [0.4, 0.5) is 0 Å². The van der Waals surface area contributed by atoms with Gasteiger partial charge in [0, 0.05) is 31.7 Å². The number of aromatic nitrogens is 5. The van der Waals surface area contributed by atoms with Gasteiger partial charge in [-0.15, -0.1) is 10.2 Å². The van der Waals surface area contributed by atoms with Gasteiger partial charge in [-0.3, -0.25) is 4.90 Å². The van der Waals surface area contributed by atoms with Crippen molar-refractivity contribution in [2.75, 3.05) is 6.54 Å². The van der Waals surface area contributed by atoms with Crippen LogP contribution in [0.1, 0.15) is 41.7 Å². The van der Waals surface area contributed by atoms with E-state index in [9.17, 15) is 0 Å². The van der Waals surface area contributed by atoms with E-state index in [2.05, 4.69) is 36.6 Å². The third-order valence-corrected chi connectivity index (χ3v) is 4.55. The van der Waals surface area contributed by atoms with Crippen molar-refractivity contribution in [2.45, 2.75) is 52.7 Å². The Hall–Kier alpha value is -1.69. The molecule has 0 unspecified atom stereocenters. The van der Waals surface area contributed by atoms with Gasteiger partial charge in [0.05, 0.1) is 12.2 Å². The Morgan fingerprint density at radius 1 is 1.19 bits per heavy atom. The van der Waals surface area contributed by atoms with Crippen molar-refractivity contribution in [3.8, 4) is 0 Å². The lowest BCUT2D eigenvalue weighted by atomic mass is 10.2. The molecule has 0 aromatic carbocycles. The molecule has 3 heterocycles. The van der Waals surface area contributed by atoms with Gasteiger partial charge in [-0.1, -0.05) is 0 Å². The van der Waals surface area contributed by atoms with Gasteiger partial charge in [0.25, 0.3) is 0 Å². The molecule has 1 saturated carbocycles. The Bertz CT molecular complexity index is 651. The van der Waals surface area contributed by atoms with E-state index in [1.807, 2.05) is 6.92 Å². The lowest BCUT2D eigenvalue weighted by Gasteiger charge is -2.27. The van der Waals surface area contributed by atoms with Crippen LogP contribution in [0.15, 0.2) is 0 Å². The minimum atomic E-state index is 0.867. The molecule has 0 radical (unpaired) electrons. The number of H-pyrrole nitrogens is 1. The van der Waals surface area contributed by atoms with E-state index in [1.54, 1.807) is 0 Å². The molecule has 4 rings (SSSR count). The van der Waals surface area contributed by atoms with Crippen molar-refractivity contribution in [2.24, 2.45) is 5.92 Å². The summed E-state index contributed by atoms with van der Waals surface area (Å²) in [7, 11) is 0. The predicted octanol–water partition coefficient (Wildman–Crippen LogP) is 1.59. The van der Waals surface area contributed by atoms with Crippen LogP contribution in [-0.2, 0) is 26.1 Å². The first kappa shape index (κ1) is 13.0. The van der Waals surface area contributed by atoms with Crippen molar-refractivity contribution in [1.29, 1.82) is 0 Å². The van der Waals surface area contributed by atoms with Crippen LogP contribution in [-0.4, -0.2) is 36.2 Å². The second kappa shape index (κ2) is 4.94. The van der Waals surface area contributed by atoms with Crippen LogP contribution in [0, 0.1) is 19.8 Å². The molecule has 0 spiro atoms. The highest BCUT2D eigenvalue weighted by Gasteiger charge is 2.27. The molecule has 0 atom stereocenters. The zero-order valence-corrected chi connectivity index (χ0v) is 12.8. The summed E-state index contributed by atoms with van der Waals surface area (Å²) >= 11 is 0.